The van der Waals surface area contributed by atoms with E-state index in [1.807, 2.05) is 0 Å². The molecule has 1 heteroatoms. The fourth-order valence-corrected chi connectivity index (χ4v) is 5.49. The molecule has 0 saturated heterocycles. The highest BCUT2D eigenvalue weighted by Gasteiger charge is 2.10. The zero-order valence-corrected chi connectivity index (χ0v) is 20.8. The Labute approximate surface area is 204 Å². The Morgan fingerprint density at radius 1 is 0.676 bits per heavy atom. The highest BCUT2D eigenvalue weighted by molar-refractivity contribution is 7.51. The number of hydrogen-bond acceptors (Lipinski definition) is 0. The predicted molar refractivity (Wildman–Crippen MR) is 153 cm³/mol. The van der Waals surface area contributed by atoms with Crippen LogP contribution in [0.2, 0.25) is 0 Å². The first-order chi connectivity index (χ1) is 16.7. The molecule has 0 saturated carbocycles. The van der Waals surface area contributed by atoms with E-state index >= 15 is 0 Å². The molecule has 0 heterocycles. The minimum atomic E-state index is 0.713. The van der Waals surface area contributed by atoms with E-state index < -0.39 is 0 Å². The van der Waals surface area contributed by atoms with Gasteiger partial charge >= 0.3 is 0 Å². The van der Waals surface area contributed by atoms with Crippen LogP contribution in [0.4, 0.5) is 0 Å². The Kier molecular flexibility index (Phi) is 6.70. The summed E-state index contributed by atoms with van der Waals surface area (Å²) in [6.45, 7) is 4.37. The fraction of sp³-hybridized carbons (Fsp3) is 0.0909. The summed E-state index contributed by atoms with van der Waals surface area (Å²) in [5.41, 5.74) is 5.09. The third-order valence-electron chi connectivity index (χ3n) is 6.22. The molecule has 0 aliphatic carbocycles. The summed E-state index contributed by atoms with van der Waals surface area (Å²) >= 11 is 0. The molecule has 5 aromatic carbocycles. The van der Waals surface area contributed by atoms with Crippen molar-refractivity contribution in [3.05, 3.63) is 127 Å². The first-order valence-corrected chi connectivity index (χ1v) is 12.9. The molecule has 34 heavy (non-hydrogen) atoms. The van der Waals surface area contributed by atoms with Crippen LogP contribution in [0.3, 0.4) is 0 Å². The molecule has 0 nitrogen and oxygen atoms in total. The van der Waals surface area contributed by atoms with Crippen molar-refractivity contribution in [3.8, 4) is 22.3 Å². The Morgan fingerprint density at radius 2 is 1.21 bits per heavy atom. The minimum Gasteiger partial charge on any atom is -0.0848 e. The van der Waals surface area contributed by atoms with E-state index in [4.69, 9.17) is 0 Å². The molecule has 0 aromatic heterocycles. The summed E-state index contributed by atoms with van der Waals surface area (Å²) in [7, 11) is 0.713. The van der Waals surface area contributed by atoms with Crippen molar-refractivity contribution >= 4 is 35.4 Å². The van der Waals surface area contributed by atoms with Gasteiger partial charge in [0, 0.05) is 0 Å². The first kappa shape index (κ1) is 22.3. The zero-order valence-electron chi connectivity index (χ0n) is 19.8. The van der Waals surface area contributed by atoms with Crippen LogP contribution in [-0.2, 0) is 0 Å². The lowest BCUT2D eigenvalue weighted by atomic mass is 9.91. The maximum Gasteiger partial charge on any atom is -0.00268 e. The second-order valence-corrected chi connectivity index (χ2v) is 10.3. The van der Waals surface area contributed by atoms with Gasteiger partial charge in [-0.1, -0.05) is 131 Å². The van der Waals surface area contributed by atoms with E-state index in [1.165, 1.54) is 54.4 Å². The standard InChI is InChI=1S/C33H29P/c1-3-4-5-10-24(2)34-30-21-19-26(20-22-30)25-15-17-27(18-16-25)33-31-13-8-6-11-28(31)23-29-12-7-9-14-32(29)33/h4-23,34H,3H2,1-2H3/b5-4-,24-10+. The van der Waals surface area contributed by atoms with Crippen LogP contribution in [-0.4, -0.2) is 0 Å². The van der Waals surface area contributed by atoms with Crippen LogP contribution < -0.4 is 5.30 Å². The normalized spacial score (nSPS) is 12.5. The second-order valence-electron chi connectivity index (χ2n) is 8.66. The van der Waals surface area contributed by atoms with Gasteiger partial charge in [0.05, 0.1) is 0 Å². The predicted octanol–water partition coefficient (Wildman–Crippen LogP) is 9.50. The Hall–Kier alpha value is -3.47. The fourth-order valence-electron chi connectivity index (χ4n) is 4.52. The van der Waals surface area contributed by atoms with Crippen molar-refractivity contribution in [3.63, 3.8) is 0 Å². The lowest BCUT2D eigenvalue weighted by molar-refractivity contribution is 1.22. The number of benzene rings is 5. The van der Waals surface area contributed by atoms with Gasteiger partial charge in [0.25, 0.3) is 0 Å². The van der Waals surface area contributed by atoms with Crippen LogP contribution in [0.5, 0.6) is 0 Å². The molecule has 0 amide bonds. The molecule has 0 radical (unpaired) electrons. The highest BCUT2D eigenvalue weighted by atomic mass is 31.1. The van der Waals surface area contributed by atoms with Crippen molar-refractivity contribution < 1.29 is 0 Å². The van der Waals surface area contributed by atoms with Gasteiger partial charge in [0.1, 0.15) is 0 Å². The maximum atomic E-state index is 2.29. The summed E-state index contributed by atoms with van der Waals surface area (Å²) in [6, 6.07) is 37.8. The summed E-state index contributed by atoms with van der Waals surface area (Å²) in [6.07, 6.45) is 7.67. The molecular weight excluding hydrogens is 427 g/mol. The minimum absolute atomic E-state index is 0.713. The number of fused-ring (bicyclic) bond motifs is 2. The van der Waals surface area contributed by atoms with Crippen LogP contribution >= 0.6 is 8.58 Å². The molecule has 0 aliphatic heterocycles. The van der Waals surface area contributed by atoms with Crippen molar-refractivity contribution in [2.24, 2.45) is 0 Å². The van der Waals surface area contributed by atoms with Gasteiger partial charge in [-0.2, -0.15) is 0 Å². The van der Waals surface area contributed by atoms with E-state index in [9.17, 15) is 0 Å². The smallest absolute Gasteiger partial charge is 0.00268 e. The molecule has 0 aliphatic rings. The summed E-state index contributed by atoms with van der Waals surface area (Å²) in [4.78, 5) is 0. The van der Waals surface area contributed by atoms with E-state index in [1.54, 1.807) is 0 Å². The molecule has 0 fully saturated rings. The van der Waals surface area contributed by atoms with Crippen LogP contribution in [0, 0.1) is 0 Å². The van der Waals surface area contributed by atoms with Gasteiger partial charge in [0.15, 0.2) is 0 Å². The SMILES string of the molecule is CC/C=C\C=C(/C)Pc1ccc(-c2ccc(-c3c4ccccc4cc4ccccc34)cc2)cc1. The number of rotatable bonds is 6. The van der Waals surface area contributed by atoms with Gasteiger partial charge < -0.3 is 0 Å². The van der Waals surface area contributed by atoms with Crippen molar-refractivity contribution in [1.82, 2.24) is 0 Å². The van der Waals surface area contributed by atoms with Crippen molar-refractivity contribution in [2.45, 2.75) is 20.3 Å². The van der Waals surface area contributed by atoms with Crippen molar-refractivity contribution in [2.75, 3.05) is 0 Å². The molecule has 0 N–H and O–H groups in total. The second kappa shape index (κ2) is 10.2. The van der Waals surface area contributed by atoms with E-state index in [0.717, 1.165) is 6.42 Å². The first-order valence-electron chi connectivity index (χ1n) is 11.9. The molecule has 0 spiro atoms. The van der Waals surface area contributed by atoms with Crippen LogP contribution in [0.15, 0.2) is 127 Å². The Bertz CT molecular complexity index is 1430. The summed E-state index contributed by atoms with van der Waals surface area (Å²) in [5, 5.41) is 7.95. The molecule has 1 atom stereocenters. The van der Waals surface area contributed by atoms with Gasteiger partial charge in [-0.25, -0.2) is 0 Å². The largest absolute Gasteiger partial charge is 0.0848 e. The quantitative estimate of drug-likeness (QED) is 0.136. The Morgan fingerprint density at radius 3 is 1.79 bits per heavy atom. The molecule has 166 valence electrons. The average molecular weight is 457 g/mol. The molecule has 0 bridgehead atoms. The van der Waals surface area contributed by atoms with Crippen molar-refractivity contribution in [1.29, 1.82) is 0 Å². The topological polar surface area (TPSA) is 0 Å². The molecule has 5 rings (SSSR count). The summed E-state index contributed by atoms with van der Waals surface area (Å²) < 4.78 is 0. The van der Waals surface area contributed by atoms with Crippen LogP contribution in [0.1, 0.15) is 20.3 Å². The summed E-state index contributed by atoms with van der Waals surface area (Å²) in [5.74, 6) is 0. The monoisotopic (exact) mass is 456 g/mol. The lowest BCUT2D eigenvalue weighted by Crippen LogP contribution is -1.93. The van der Waals surface area contributed by atoms with Gasteiger partial charge in [-0.15, -0.1) is 0 Å². The molecular formula is C33H29P. The zero-order chi connectivity index (χ0) is 23.3. The lowest BCUT2D eigenvalue weighted by Gasteiger charge is -2.13. The molecule has 5 aromatic rings. The van der Waals surface area contributed by atoms with Gasteiger partial charge in [-0.3, -0.25) is 0 Å². The number of hydrogen-bond donors (Lipinski definition) is 0. The van der Waals surface area contributed by atoms with Gasteiger partial charge in [-0.05, 0) is 73.8 Å². The van der Waals surface area contributed by atoms with E-state index in [0.29, 0.717) is 8.58 Å². The van der Waals surface area contributed by atoms with E-state index in [-0.39, 0.29) is 0 Å². The van der Waals surface area contributed by atoms with E-state index in [2.05, 4.69) is 135 Å². The highest BCUT2D eigenvalue weighted by Crippen LogP contribution is 2.37. The third-order valence-corrected chi connectivity index (χ3v) is 7.41. The average Bonchev–Trinajstić information content (AvgIpc) is 2.88. The molecule has 1 unspecified atom stereocenters. The Balaban J connectivity index is 1.45. The van der Waals surface area contributed by atoms with Gasteiger partial charge in [0.2, 0.25) is 0 Å². The number of allylic oxidation sites excluding steroid dienone is 4. The maximum absolute atomic E-state index is 2.29. The van der Waals surface area contributed by atoms with Crippen LogP contribution in [0.25, 0.3) is 43.8 Å². The third kappa shape index (κ3) is 4.74.